The summed E-state index contributed by atoms with van der Waals surface area (Å²) in [6.07, 6.45) is 1.46. The van der Waals surface area contributed by atoms with Crippen LogP contribution in [0.4, 0.5) is 0 Å². The Labute approximate surface area is 53.1 Å². The summed E-state index contributed by atoms with van der Waals surface area (Å²) in [5.74, 6) is -0.0764. The second-order valence-electron chi connectivity index (χ2n) is 2.11. The van der Waals surface area contributed by atoms with Crippen LogP contribution < -0.4 is 0 Å². The highest BCUT2D eigenvalue weighted by Gasteiger charge is 2.04. The third-order valence-corrected chi connectivity index (χ3v) is 1.46. The van der Waals surface area contributed by atoms with Gasteiger partial charge in [0.15, 0.2) is 0 Å². The molecule has 0 radical (unpaired) electrons. The zero-order valence-electron chi connectivity index (χ0n) is 5.42. The molecule has 0 atom stereocenters. The fourth-order valence-corrected chi connectivity index (χ4v) is 0.690. The maximum absolute atomic E-state index is 8.94. The smallest absolute Gasteiger partial charge is 0.227 e. The minimum Gasteiger partial charge on any atom is -0.492 e. The molecule has 0 saturated heterocycles. The molecule has 0 fully saturated rings. The van der Waals surface area contributed by atoms with Crippen molar-refractivity contribution in [1.82, 2.24) is 4.73 Å². The fraction of sp³-hybridized carbons (Fsp3) is 0.333. The standard InChI is InChI=1S/C6H9NO2/c1-4-3-7(9)6(8)5(4)2/h3,8-9H,1-2H3. The Bertz CT molecular complexity index is 205. The molecular weight excluding hydrogens is 118 g/mol. The third-order valence-electron chi connectivity index (χ3n) is 1.46. The van der Waals surface area contributed by atoms with Crippen molar-refractivity contribution in [2.45, 2.75) is 13.8 Å². The van der Waals surface area contributed by atoms with Gasteiger partial charge in [-0.15, -0.1) is 0 Å². The molecule has 50 valence electrons. The van der Waals surface area contributed by atoms with Crippen LogP contribution in [0.1, 0.15) is 11.1 Å². The van der Waals surface area contributed by atoms with E-state index in [2.05, 4.69) is 0 Å². The number of aromatic nitrogens is 1. The van der Waals surface area contributed by atoms with Crippen LogP contribution in [-0.2, 0) is 0 Å². The Kier molecular flexibility index (Phi) is 1.12. The van der Waals surface area contributed by atoms with Gasteiger partial charge < -0.3 is 10.3 Å². The first-order chi connectivity index (χ1) is 4.13. The van der Waals surface area contributed by atoms with E-state index in [9.17, 15) is 0 Å². The molecule has 0 aliphatic heterocycles. The SMILES string of the molecule is Cc1cn(O)c(O)c1C. The molecular formula is C6H9NO2. The predicted octanol–water partition coefficient (Wildman–Crippen LogP) is 1.05. The van der Waals surface area contributed by atoms with Gasteiger partial charge >= 0.3 is 0 Å². The lowest BCUT2D eigenvalue weighted by molar-refractivity contribution is 0.155. The maximum Gasteiger partial charge on any atom is 0.227 e. The van der Waals surface area contributed by atoms with Crippen LogP contribution >= 0.6 is 0 Å². The summed E-state index contributed by atoms with van der Waals surface area (Å²) in [7, 11) is 0. The summed E-state index contributed by atoms with van der Waals surface area (Å²) in [4.78, 5) is 0. The number of nitrogens with zero attached hydrogens (tertiary/aromatic N) is 1. The number of hydrogen-bond donors (Lipinski definition) is 2. The lowest BCUT2D eigenvalue weighted by Crippen LogP contribution is -1.83. The average Bonchev–Trinajstić information content (AvgIpc) is 1.98. The molecule has 0 spiro atoms. The van der Waals surface area contributed by atoms with Gasteiger partial charge in [0, 0.05) is 5.56 Å². The Balaban J connectivity index is 3.29. The van der Waals surface area contributed by atoms with Gasteiger partial charge in [-0.1, -0.05) is 0 Å². The molecule has 0 unspecified atom stereocenters. The molecule has 9 heavy (non-hydrogen) atoms. The molecule has 1 aromatic heterocycles. The van der Waals surface area contributed by atoms with Crippen LogP contribution in [0.5, 0.6) is 5.88 Å². The summed E-state index contributed by atoms with van der Waals surface area (Å²) in [6, 6.07) is 0. The Morgan fingerprint density at radius 2 is 2.00 bits per heavy atom. The third kappa shape index (κ3) is 0.740. The van der Waals surface area contributed by atoms with E-state index < -0.39 is 0 Å². The van der Waals surface area contributed by atoms with Gasteiger partial charge in [0.05, 0.1) is 6.20 Å². The van der Waals surface area contributed by atoms with Gasteiger partial charge in [-0.3, -0.25) is 0 Å². The van der Waals surface area contributed by atoms with Crippen molar-refractivity contribution in [2.75, 3.05) is 0 Å². The Morgan fingerprint density at radius 1 is 1.44 bits per heavy atom. The number of rotatable bonds is 0. The maximum atomic E-state index is 8.94. The Morgan fingerprint density at radius 3 is 2.11 bits per heavy atom. The van der Waals surface area contributed by atoms with E-state index in [0.717, 1.165) is 11.1 Å². The Hall–Kier alpha value is -1.12. The fourth-order valence-electron chi connectivity index (χ4n) is 0.690. The van der Waals surface area contributed by atoms with Gasteiger partial charge in [0.1, 0.15) is 0 Å². The highest BCUT2D eigenvalue weighted by molar-refractivity contribution is 5.32. The average molecular weight is 127 g/mol. The normalized spacial score (nSPS) is 10.0. The first-order valence-corrected chi connectivity index (χ1v) is 2.69. The molecule has 2 N–H and O–H groups in total. The number of aryl methyl sites for hydroxylation is 1. The molecule has 1 aromatic rings. The summed E-state index contributed by atoms with van der Waals surface area (Å²) >= 11 is 0. The van der Waals surface area contributed by atoms with Gasteiger partial charge in [-0.25, -0.2) is 0 Å². The molecule has 0 aromatic carbocycles. The highest BCUT2D eigenvalue weighted by atomic mass is 16.5. The number of aromatic hydroxyl groups is 1. The number of hydrogen-bond acceptors (Lipinski definition) is 2. The van der Waals surface area contributed by atoms with E-state index >= 15 is 0 Å². The van der Waals surface area contributed by atoms with E-state index in [1.165, 1.54) is 6.20 Å². The lowest BCUT2D eigenvalue weighted by Gasteiger charge is -1.90. The van der Waals surface area contributed by atoms with Crippen molar-refractivity contribution in [1.29, 1.82) is 0 Å². The van der Waals surface area contributed by atoms with Crippen LogP contribution in [0.25, 0.3) is 0 Å². The minimum atomic E-state index is -0.0764. The van der Waals surface area contributed by atoms with Gasteiger partial charge in [0.25, 0.3) is 0 Å². The molecule has 0 amide bonds. The zero-order chi connectivity index (χ0) is 7.02. The van der Waals surface area contributed by atoms with Gasteiger partial charge in [0.2, 0.25) is 5.88 Å². The predicted molar refractivity (Wildman–Crippen MR) is 32.8 cm³/mol. The van der Waals surface area contributed by atoms with Crippen LogP contribution in [0.3, 0.4) is 0 Å². The molecule has 0 saturated carbocycles. The van der Waals surface area contributed by atoms with Crippen LogP contribution in [-0.4, -0.2) is 15.0 Å². The summed E-state index contributed by atoms with van der Waals surface area (Å²) in [6.45, 7) is 3.57. The van der Waals surface area contributed by atoms with Crippen molar-refractivity contribution in [2.24, 2.45) is 0 Å². The molecule has 0 bridgehead atoms. The van der Waals surface area contributed by atoms with Crippen molar-refractivity contribution >= 4 is 0 Å². The van der Waals surface area contributed by atoms with Gasteiger partial charge in [-0.05, 0) is 19.4 Å². The van der Waals surface area contributed by atoms with E-state index in [1.54, 1.807) is 6.92 Å². The molecule has 1 heterocycles. The largest absolute Gasteiger partial charge is 0.492 e. The summed E-state index contributed by atoms with van der Waals surface area (Å²) in [5.41, 5.74) is 1.60. The zero-order valence-corrected chi connectivity index (χ0v) is 5.42. The molecule has 1 rings (SSSR count). The van der Waals surface area contributed by atoms with E-state index in [1.807, 2.05) is 6.92 Å². The van der Waals surface area contributed by atoms with Crippen LogP contribution in [0.2, 0.25) is 0 Å². The molecule has 0 aliphatic carbocycles. The van der Waals surface area contributed by atoms with Crippen molar-refractivity contribution in [3.05, 3.63) is 17.3 Å². The summed E-state index contributed by atoms with van der Waals surface area (Å²) < 4.78 is 0.713. The van der Waals surface area contributed by atoms with Gasteiger partial charge in [-0.2, -0.15) is 4.73 Å². The van der Waals surface area contributed by atoms with E-state index in [0.29, 0.717) is 4.73 Å². The molecule has 0 aliphatic rings. The van der Waals surface area contributed by atoms with Crippen molar-refractivity contribution in [3.8, 4) is 5.88 Å². The quantitative estimate of drug-likeness (QED) is 0.511. The van der Waals surface area contributed by atoms with Crippen molar-refractivity contribution < 1.29 is 10.3 Å². The second kappa shape index (κ2) is 1.69. The molecule has 3 heteroatoms. The molecule has 3 nitrogen and oxygen atoms in total. The second-order valence-corrected chi connectivity index (χ2v) is 2.11. The first-order valence-electron chi connectivity index (χ1n) is 2.69. The van der Waals surface area contributed by atoms with Crippen molar-refractivity contribution in [3.63, 3.8) is 0 Å². The minimum absolute atomic E-state index is 0.0764. The summed E-state index contributed by atoms with van der Waals surface area (Å²) in [5, 5.41) is 17.7. The first kappa shape index (κ1) is 6.01. The van der Waals surface area contributed by atoms with Crippen LogP contribution in [0, 0.1) is 13.8 Å². The van der Waals surface area contributed by atoms with E-state index in [-0.39, 0.29) is 5.88 Å². The van der Waals surface area contributed by atoms with Crippen LogP contribution in [0.15, 0.2) is 6.20 Å². The topological polar surface area (TPSA) is 45.4 Å². The monoisotopic (exact) mass is 127 g/mol. The highest BCUT2D eigenvalue weighted by Crippen LogP contribution is 2.19. The lowest BCUT2D eigenvalue weighted by atomic mass is 10.2. The van der Waals surface area contributed by atoms with E-state index in [4.69, 9.17) is 10.3 Å².